The SMILES string of the molecule is CCOc1ccccc1N(C(=O)Cn1nnc2ccccc21)[C@@H](C(=O)NC1CCCC1)c1cccc(OC)c1. The van der Waals surface area contributed by atoms with Crippen LogP contribution in [-0.4, -0.2) is 46.6 Å². The van der Waals surface area contributed by atoms with Crippen LogP contribution >= 0.6 is 0 Å². The van der Waals surface area contributed by atoms with E-state index in [-0.39, 0.29) is 24.4 Å². The lowest BCUT2D eigenvalue weighted by Crippen LogP contribution is -2.47. The number of carbonyl (C=O) groups excluding carboxylic acids is 2. The Kier molecular flexibility index (Phi) is 8.05. The quantitative estimate of drug-likeness (QED) is 0.322. The molecule has 9 heteroatoms. The molecule has 2 amide bonds. The largest absolute Gasteiger partial charge is 0.497 e. The van der Waals surface area contributed by atoms with E-state index in [1.54, 1.807) is 23.9 Å². The molecule has 0 aliphatic heterocycles. The number of hydrogen-bond donors (Lipinski definition) is 1. The number of para-hydroxylation sites is 3. The van der Waals surface area contributed by atoms with E-state index < -0.39 is 6.04 Å². The molecule has 1 atom stereocenters. The van der Waals surface area contributed by atoms with Gasteiger partial charge in [-0.25, -0.2) is 4.68 Å². The number of hydrogen-bond acceptors (Lipinski definition) is 6. The topological polar surface area (TPSA) is 98.6 Å². The van der Waals surface area contributed by atoms with Crippen LogP contribution in [0.4, 0.5) is 5.69 Å². The van der Waals surface area contributed by atoms with Crippen LogP contribution in [0.25, 0.3) is 11.0 Å². The zero-order chi connectivity index (χ0) is 27.2. The smallest absolute Gasteiger partial charge is 0.249 e. The number of amides is 2. The summed E-state index contributed by atoms with van der Waals surface area (Å²) in [5.41, 5.74) is 2.56. The summed E-state index contributed by atoms with van der Waals surface area (Å²) in [4.78, 5) is 29.9. The lowest BCUT2D eigenvalue weighted by atomic mass is 10.0. The Bertz CT molecular complexity index is 1450. The van der Waals surface area contributed by atoms with Gasteiger partial charge in [-0.15, -0.1) is 5.10 Å². The molecule has 1 fully saturated rings. The molecule has 1 aliphatic rings. The molecule has 1 aliphatic carbocycles. The van der Waals surface area contributed by atoms with Gasteiger partial charge in [0.05, 0.1) is 24.9 Å². The van der Waals surface area contributed by atoms with Crippen molar-refractivity contribution in [1.82, 2.24) is 20.3 Å². The Balaban J connectivity index is 1.62. The molecule has 0 unspecified atom stereocenters. The molecule has 0 spiro atoms. The zero-order valence-electron chi connectivity index (χ0n) is 22.2. The standard InChI is InChI=1S/C30H33N5O4/c1-3-39-27-18-9-8-17-26(27)35(28(36)20-34-25-16-7-6-15-24(25)32-33-34)29(21-11-10-14-23(19-21)38-2)30(37)31-22-12-4-5-13-22/h6-11,14-19,22,29H,3-5,12-13,20H2,1-2H3,(H,31,37)/t29-/m1/s1. The van der Waals surface area contributed by atoms with E-state index in [2.05, 4.69) is 15.6 Å². The van der Waals surface area contributed by atoms with Crippen LogP contribution in [-0.2, 0) is 16.1 Å². The fourth-order valence-electron chi connectivity index (χ4n) is 5.17. The van der Waals surface area contributed by atoms with Crippen molar-refractivity contribution >= 4 is 28.5 Å². The number of anilines is 1. The highest BCUT2D eigenvalue weighted by atomic mass is 16.5. The van der Waals surface area contributed by atoms with E-state index in [1.165, 1.54) is 4.90 Å². The predicted molar refractivity (Wildman–Crippen MR) is 149 cm³/mol. The van der Waals surface area contributed by atoms with Crippen molar-refractivity contribution in [2.75, 3.05) is 18.6 Å². The third-order valence-electron chi connectivity index (χ3n) is 7.02. The summed E-state index contributed by atoms with van der Waals surface area (Å²) in [7, 11) is 1.58. The first-order valence-corrected chi connectivity index (χ1v) is 13.4. The first-order valence-electron chi connectivity index (χ1n) is 13.4. The molecule has 5 rings (SSSR count). The van der Waals surface area contributed by atoms with E-state index in [4.69, 9.17) is 9.47 Å². The summed E-state index contributed by atoms with van der Waals surface area (Å²) in [6.07, 6.45) is 3.99. The van der Waals surface area contributed by atoms with Crippen LogP contribution in [0.2, 0.25) is 0 Å². The Labute approximate surface area is 227 Å². The monoisotopic (exact) mass is 527 g/mol. The molecule has 1 N–H and O–H groups in total. The van der Waals surface area contributed by atoms with Crippen LogP contribution in [0.3, 0.4) is 0 Å². The van der Waals surface area contributed by atoms with E-state index in [0.29, 0.717) is 34.9 Å². The molecule has 4 aromatic rings. The van der Waals surface area contributed by atoms with E-state index >= 15 is 0 Å². The van der Waals surface area contributed by atoms with Gasteiger partial charge < -0.3 is 14.8 Å². The molecule has 0 saturated heterocycles. The van der Waals surface area contributed by atoms with E-state index in [9.17, 15) is 9.59 Å². The maximum atomic E-state index is 14.3. The average molecular weight is 528 g/mol. The number of rotatable bonds is 10. The van der Waals surface area contributed by atoms with Gasteiger partial charge in [0.25, 0.3) is 0 Å². The van der Waals surface area contributed by atoms with Gasteiger partial charge in [0.1, 0.15) is 29.6 Å². The normalized spacial score (nSPS) is 14.2. The van der Waals surface area contributed by atoms with Crippen LogP contribution in [0.5, 0.6) is 11.5 Å². The van der Waals surface area contributed by atoms with E-state index in [0.717, 1.165) is 31.2 Å². The average Bonchev–Trinajstić information content (AvgIpc) is 3.62. The summed E-state index contributed by atoms with van der Waals surface area (Å²) in [5, 5.41) is 11.6. The Morgan fingerprint density at radius 3 is 2.62 bits per heavy atom. The summed E-state index contributed by atoms with van der Waals surface area (Å²) in [6, 6.07) is 21.2. The fraction of sp³-hybridized carbons (Fsp3) is 0.333. The highest BCUT2D eigenvalue weighted by Crippen LogP contribution is 2.36. The molecule has 39 heavy (non-hydrogen) atoms. The number of nitrogens with one attached hydrogen (secondary N) is 1. The second-order valence-electron chi connectivity index (χ2n) is 9.57. The molecule has 202 valence electrons. The van der Waals surface area contributed by atoms with Crippen LogP contribution in [0, 0.1) is 0 Å². The van der Waals surface area contributed by atoms with Gasteiger partial charge in [0.15, 0.2) is 0 Å². The van der Waals surface area contributed by atoms with Gasteiger partial charge in [-0.2, -0.15) is 0 Å². The summed E-state index contributed by atoms with van der Waals surface area (Å²) in [5.74, 6) is 0.530. The van der Waals surface area contributed by atoms with Gasteiger partial charge in [-0.05, 0) is 61.7 Å². The number of methoxy groups -OCH3 is 1. The number of ether oxygens (including phenoxy) is 2. The van der Waals surface area contributed by atoms with Crippen molar-refractivity contribution in [3.63, 3.8) is 0 Å². The molecule has 1 aromatic heterocycles. The van der Waals surface area contributed by atoms with Crippen molar-refractivity contribution in [2.24, 2.45) is 0 Å². The molecular formula is C30H33N5O4. The second-order valence-corrected chi connectivity index (χ2v) is 9.57. The molecule has 1 heterocycles. The highest BCUT2D eigenvalue weighted by molar-refractivity contribution is 6.02. The van der Waals surface area contributed by atoms with E-state index in [1.807, 2.05) is 67.6 Å². The maximum absolute atomic E-state index is 14.3. The minimum atomic E-state index is -0.968. The lowest BCUT2D eigenvalue weighted by Gasteiger charge is -2.33. The minimum absolute atomic E-state index is 0.0731. The van der Waals surface area contributed by atoms with Crippen molar-refractivity contribution in [2.45, 2.75) is 51.2 Å². The van der Waals surface area contributed by atoms with Crippen LogP contribution < -0.4 is 19.7 Å². The number of carbonyl (C=O) groups is 2. The predicted octanol–water partition coefficient (Wildman–Crippen LogP) is 4.67. The van der Waals surface area contributed by atoms with Crippen molar-refractivity contribution < 1.29 is 19.1 Å². The molecule has 0 radical (unpaired) electrons. The lowest BCUT2D eigenvalue weighted by molar-refractivity contribution is -0.127. The number of fused-ring (bicyclic) bond motifs is 1. The maximum Gasteiger partial charge on any atom is 0.249 e. The number of aromatic nitrogens is 3. The summed E-state index contributed by atoms with van der Waals surface area (Å²) >= 11 is 0. The third-order valence-corrected chi connectivity index (χ3v) is 7.02. The van der Waals surface area contributed by atoms with Crippen LogP contribution in [0.1, 0.15) is 44.2 Å². The number of benzene rings is 3. The minimum Gasteiger partial charge on any atom is -0.497 e. The van der Waals surface area contributed by atoms with Crippen molar-refractivity contribution in [3.05, 3.63) is 78.4 Å². The fourth-order valence-corrected chi connectivity index (χ4v) is 5.17. The van der Waals surface area contributed by atoms with Crippen molar-refractivity contribution in [3.8, 4) is 11.5 Å². The molecule has 9 nitrogen and oxygen atoms in total. The summed E-state index contributed by atoms with van der Waals surface area (Å²) < 4.78 is 13.0. The van der Waals surface area contributed by atoms with Gasteiger partial charge in [0, 0.05) is 6.04 Å². The highest BCUT2D eigenvalue weighted by Gasteiger charge is 2.36. The second kappa shape index (κ2) is 12.0. The summed E-state index contributed by atoms with van der Waals surface area (Å²) in [6.45, 7) is 2.18. The molecule has 0 bridgehead atoms. The zero-order valence-corrected chi connectivity index (χ0v) is 22.2. The molecule has 3 aromatic carbocycles. The Morgan fingerprint density at radius 1 is 1.05 bits per heavy atom. The van der Waals surface area contributed by atoms with Crippen molar-refractivity contribution in [1.29, 1.82) is 0 Å². The van der Waals surface area contributed by atoms with Gasteiger partial charge in [0.2, 0.25) is 11.8 Å². The van der Waals surface area contributed by atoms with Gasteiger partial charge in [-0.1, -0.05) is 54.5 Å². The Hall–Kier alpha value is -4.40. The molecule has 1 saturated carbocycles. The Morgan fingerprint density at radius 2 is 1.82 bits per heavy atom. The van der Waals surface area contributed by atoms with Gasteiger partial charge in [-0.3, -0.25) is 14.5 Å². The van der Waals surface area contributed by atoms with Gasteiger partial charge >= 0.3 is 0 Å². The number of nitrogens with zero attached hydrogens (tertiary/aromatic N) is 4. The first-order chi connectivity index (χ1) is 19.1. The third kappa shape index (κ3) is 5.72. The first kappa shape index (κ1) is 26.2. The molecular weight excluding hydrogens is 494 g/mol. The van der Waals surface area contributed by atoms with Crippen LogP contribution in [0.15, 0.2) is 72.8 Å².